The van der Waals surface area contributed by atoms with Crippen LogP contribution in [0.4, 0.5) is 0 Å². The molecule has 0 heterocycles. The molecule has 0 aromatic heterocycles. The molecule has 1 fully saturated rings. The van der Waals surface area contributed by atoms with Gasteiger partial charge in [0.15, 0.2) is 0 Å². The highest BCUT2D eigenvalue weighted by atomic mass is 14.4. The fourth-order valence-electron chi connectivity index (χ4n) is 3.10. The molecule has 0 N–H and O–H groups in total. The van der Waals surface area contributed by atoms with Crippen molar-refractivity contribution in [3.05, 3.63) is 0 Å². The molecule has 0 saturated heterocycles. The van der Waals surface area contributed by atoms with Crippen LogP contribution in [0, 0.1) is 29.6 Å². The maximum atomic E-state index is 2.46. The number of hydrogen-bond donors (Lipinski definition) is 0. The Labute approximate surface area is 103 Å². The Morgan fingerprint density at radius 3 is 2.06 bits per heavy atom. The van der Waals surface area contributed by atoms with E-state index in [4.69, 9.17) is 0 Å². The fourth-order valence-corrected chi connectivity index (χ4v) is 3.10. The first-order valence-corrected chi connectivity index (χ1v) is 7.56. The second-order valence-corrected chi connectivity index (χ2v) is 6.57. The summed E-state index contributed by atoms with van der Waals surface area (Å²) in [4.78, 5) is 0. The molecule has 1 rings (SSSR count). The van der Waals surface area contributed by atoms with Crippen LogP contribution in [0.1, 0.15) is 73.1 Å². The third kappa shape index (κ3) is 4.89. The van der Waals surface area contributed by atoms with Crippen molar-refractivity contribution >= 4 is 0 Å². The Kier molecular flexibility index (Phi) is 5.86. The van der Waals surface area contributed by atoms with Crippen molar-refractivity contribution in [1.82, 2.24) is 0 Å². The van der Waals surface area contributed by atoms with Crippen molar-refractivity contribution in [2.75, 3.05) is 0 Å². The summed E-state index contributed by atoms with van der Waals surface area (Å²) < 4.78 is 0. The van der Waals surface area contributed by atoms with Gasteiger partial charge in [-0.15, -0.1) is 0 Å². The first-order valence-electron chi connectivity index (χ1n) is 7.56. The topological polar surface area (TPSA) is 0 Å². The molecule has 5 atom stereocenters. The van der Waals surface area contributed by atoms with Crippen molar-refractivity contribution in [2.45, 2.75) is 73.1 Å². The normalized spacial score (nSPS) is 29.8. The molecule has 0 bridgehead atoms. The molecule has 0 aromatic rings. The van der Waals surface area contributed by atoms with Gasteiger partial charge >= 0.3 is 0 Å². The lowest BCUT2D eigenvalue weighted by Crippen LogP contribution is -2.10. The van der Waals surface area contributed by atoms with Gasteiger partial charge in [0.1, 0.15) is 0 Å². The third-order valence-electron chi connectivity index (χ3n) is 4.73. The van der Waals surface area contributed by atoms with E-state index < -0.39 is 0 Å². The maximum Gasteiger partial charge on any atom is -0.0383 e. The van der Waals surface area contributed by atoms with Crippen LogP contribution in [0.15, 0.2) is 0 Å². The average Bonchev–Trinajstić information content (AvgIpc) is 2.92. The van der Waals surface area contributed by atoms with Gasteiger partial charge in [0.05, 0.1) is 0 Å². The van der Waals surface area contributed by atoms with Gasteiger partial charge in [0, 0.05) is 0 Å². The van der Waals surface area contributed by atoms with Crippen molar-refractivity contribution < 1.29 is 0 Å². The van der Waals surface area contributed by atoms with Gasteiger partial charge in [-0.3, -0.25) is 0 Å². The van der Waals surface area contributed by atoms with Crippen LogP contribution in [0.3, 0.4) is 0 Å². The molecular weight excluding hydrogens is 192 g/mol. The zero-order valence-corrected chi connectivity index (χ0v) is 12.1. The number of hydrogen-bond acceptors (Lipinski definition) is 0. The minimum absolute atomic E-state index is 0.923. The highest BCUT2D eigenvalue weighted by molar-refractivity contribution is 4.84. The van der Waals surface area contributed by atoms with E-state index in [1.54, 1.807) is 0 Å². The zero-order valence-electron chi connectivity index (χ0n) is 12.1. The van der Waals surface area contributed by atoms with Gasteiger partial charge in [0.25, 0.3) is 0 Å². The summed E-state index contributed by atoms with van der Waals surface area (Å²) in [6.45, 7) is 12.0. The van der Waals surface area contributed by atoms with Gasteiger partial charge in [-0.2, -0.15) is 0 Å². The van der Waals surface area contributed by atoms with Crippen molar-refractivity contribution in [1.29, 1.82) is 0 Å². The summed E-state index contributed by atoms with van der Waals surface area (Å²) in [5, 5.41) is 0. The van der Waals surface area contributed by atoms with Crippen molar-refractivity contribution in [3.63, 3.8) is 0 Å². The fraction of sp³-hybridized carbons (Fsp3) is 1.00. The first-order chi connectivity index (χ1) is 7.56. The molecule has 0 aromatic carbocycles. The summed E-state index contributed by atoms with van der Waals surface area (Å²) in [6.07, 6.45) is 8.69. The molecule has 16 heavy (non-hydrogen) atoms. The Hall–Kier alpha value is 0. The van der Waals surface area contributed by atoms with Crippen LogP contribution < -0.4 is 0 Å². The van der Waals surface area contributed by atoms with E-state index in [2.05, 4.69) is 34.6 Å². The lowest BCUT2D eigenvalue weighted by molar-refractivity contribution is 0.300. The predicted molar refractivity (Wildman–Crippen MR) is 73.5 cm³/mol. The Morgan fingerprint density at radius 1 is 1.00 bits per heavy atom. The molecule has 0 amide bonds. The van der Waals surface area contributed by atoms with Crippen LogP contribution in [0.25, 0.3) is 0 Å². The summed E-state index contributed by atoms with van der Waals surface area (Å²) in [7, 11) is 0. The second kappa shape index (κ2) is 6.67. The van der Waals surface area contributed by atoms with E-state index in [0.717, 1.165) is 29.6 Å². The standard InChI is InChI=1S/C16H32/c1-6-12(3)8-13(4)9-15(7-2)11-16-10-14(16)5/h12-16H,6-11H2,1-5H3. The number of rotatable bonds is 8. The second-order valence-electron chi connectivity index (χ2n) is 6.57. The zero-order chi connectivity index (χ0) is 12.1. The molecule has 0 nitrogen and oxygen atoms in total. The molecule has 1 aliphatic carbocycles. The van der Waals surface area contributed by atoms with E-state index >= 15 is 0 Å². The van der Waals surface area contributed by atoms with Crippen LogP contribution in [-0.4, -0.2) is 0 Å². The van der Waals surface area contributed by atoms with Gasteiger partial charge in [-0.25, -0.2) is 0 Å². The monoisotopic (exact) mass is 224 g/mol. The smallest absolute Gasteiger partial charge is 0.0383 e. The van der Waals surface area contributed by atoms with Crippen molar-refractivity contribution in [2.24, 2.45) is 29.6 Å². The van der Waals surface area contributed by atoms with E-state index in [1.165, 1.54) is 38.5 Å². The molecular formula is C16H32. The largest absolute Gasteiger partial charge is 0.0651 e. The quantitative estimate of drug-likeness (QED) is 0.509. The molecule has 1 aliphatic rings. The predicted octanol–water partition coefficient (Wildman–Crippen LogP) is 5.52. The van der Waals surface area contributed by atoms with Crippen LogP contribution in [0.5, 0.6) is 0 Å². The molecule has 96 valence electrons. The minimum Gasteiger partial charge on any atom is -0.0651 e. The summed E-state index contributed by atoms with van der Waals surface area (Å²) in [5.74, 6) is 5.00. The van der Waals surface area contributed by atoms with E-state index in [9.17, 15) is 0 Å². The Morgan fingerprint density at radius 2 is 1.62 bits per heavy atom. The molecule has 0 heteroatoms. The van der Waals surface area contributed by atoms with Crippen molar-refractivity contribution in [3.8, 4) is 0 Å². The van der Waals surface area contributed by atoms with Crippen LogP contribution in [-0.2, 0) is 0 Å². The lowest BCUT2D eigenvalue weighted by Gasteiger charge is -2.22. The van der Waals surface area contributed by atoms with E-state index in [-0.39, 0.29) is 0 Å². The SMILES string of the molecule is CCC(C)CC(C)CC(CC)CC1CC1C. The Balaban J connectivity index is 2.20. The molecule has 0 aliphatic heterocycles. The minimum atomic E-state index is 0.923. The van der Waals surface area contributed by atoms with Crippen LogP contribution >= 0.6 is 0 Å². The molecule has 0 spiro atoms. The highest BCUT2D eigenvalue weighted by Crippen LogP contribution is 2.44. The third-order valence-corrected chi connectivity index (χ3v) is 4.73. The molecule has 5 unspecified atom stereocenters. The van der Waals surface area contributed by atoms with E-state index in [0.29, 0.717) is 0 Å². The molecule has 0 radical (unpaired) electrons. The maximum absolute atomic E-state index is 2.46. The summed E-state index contributed by atoms with van der Waals surface area (Å²) in [5.41, 5.74) is 0. The molecule has 1 saturated carbocycles. The highest BCUT2D eigenvalue weighted by Gasteiger charge is 2.34. The first kappa shape index (κ1) is 14.1. The van der Waals surface area contributed by atoms with Gasteiger partial charge in [-0.1, -0.05) is 47.5 Å². The van der Waals surface area contributed by atoms with Crippen LogP contribution in [0.2, 0.25) is 0 Å². The van der Waals surface area contributed by atoms with Gasteiger partial charge < -0.3 is 0 Å². The van der Waals surface area contributed by atoms with E-state index in [1.807, 2.05) is 0 Å². The lowest BCUT2D eigenvalue weighted by atomic mass is 9.84. The van der Waals surface area contributed by atoms with Gasteiger partial charge in [-0.05, 0) is 55.3 Å². The summed E-state index contributed by atoms with van der Waals surface area (Å²) in [6, 6.07) is 0. The Bertz CT molecular complexity index is 184. The average molecular weight is 224 g/mol. The summed E-state index contributed by atoms with van der Waals surface area (Å²) >= 11 is 0. The van der Waals surface area contributed by atoms with Gasteiger partial charge in [0.2, 0.25) is 0 Å².